The predicted molar refractivity (Wildman–Crippen MR) is 101 cm³/mol. The van der Waals surface area contributed by atoms with Gasteiger partial charge in [0.15, 0.2) is 0 Å². The number of hydrogen-bond donors (Lipinski definition) is 2. The standard InChI is InChI=1S/C21H16N2O/c24-21(22-19-11-9-15-5-1-3-7-17(15)13-19)23-20-12-10-16-6-2-4-8-18(16)14-20/h1-14H,(H2,22,23,24). The second-order valence-corrected chi connectivity index (χ2v) is 5.70. The maximum atomic E-state index is 12.2. The maximum absolute atomic E-state index is 12.2. The number of anilines is 2. The van der Waals surface area contributed by atoms with Crippen LogP contribution in [-0.4, -0.2) is 6.03 Å². The number of carbonyl (C=O) groups excluding carboxylic acids is 1. The fourth-order valence-corrected chi connectivity index (χ4v) is 2.83. The van der Waals surface area contributed by atoms with Crippen LogP contribution in [0.1, 0.15) is 0 Å². The third-order valence-corrected chi connectivity index (χ3v) is 4.01. The van der Waals surface area contributed by atoms with Gasteiger partial charge >= 0.3 is 6.03 Å². The van der Waals surface area contributed by atoms with Crippen molar-refractivity contribution in [3.8, 4) is 0 Å². The van der Waals surface area contributed by atoms with Crippen molar-refractivity contribution in [1.29, 1.82) is 0 Å². The number of urea groups is 1. The number of amides is 2. The van der Waals surface area contributed by atoms with Gasteiger partial charge in [-0.3, -0.25) is 0 Å². The summed E-state index contributed by atoms with van der Waals surface area (Å²) in [5.74, 6) is 0. The first kappa shape index (κ1) is 14.3. The molecule has 0 aliphatic rings. The average molecular weight is 312 g/mol. The van der Waals surface area contributed by atoms with E-state index in [9.17, 15) is 4.79 Å². The Kier molecular flexibility index (Phi) is 3.60. The van der Waals surface area contributed by atoms with E-state index in [1.807, 2.05) is 84.9 Å². The summed E-state index contributed by atoms with van der Waals surface area (Å²) >= 11 is 0. The SMILES string of the molecule is O=C(Nc1ccc2ccccc2c1)Nc1ccc2ccccc2c1. The smallest absolute Gasteiger partial charge is 0.308 e. The average Bonchev–Trinajstić information content (AvgIpc) is 2.61. The van der Waals surface area contributed by atoms with Crippen molar-refractivity contribution in [2.45, 2.75) is 0 Å². The number of carbonyl (C=O) groups is 1. The molecule has 3 nitrogen and oxygen atoms in total. The summed E-state index contributed by atoms with van der Waals surface area (Å²) in [6.07, 6.45) is 0. The number of nitrogens with one attached hydrogen (secondary N) is 2. The minimum absolute atomic E-state index is 0.249. The minimum atomic E-state index is -0.249. The van der Waals surface area contributed by atoms with E-state index in [2.05, 4.69) is 10.6 Å². The predicted octanol–water partition coefficient (Wildman–Crippen LogP) is 5.64. The first-order valence-electron chi connectivity index (χ1n) is 7.83. The molecule has 24 heavy (non-hydrogen) atoms. The summed E-state index contributed by atoms with van der Waals surface area (Å²) in [5, 5.41) is 10.3. The summed E-state index contributed by atoms with van der Waals surface area (Å²) in [4.78, 5) is 12.2. The molecule has 0 unspecified atom stereocenters. The number of rotatable bonds is 2. The van der Waals surface area contributed by atoms with Gasteiger partial charge in [-0.2, -0.15) is 0 Å². The molecule has 0 saturated carbocycles. The van der Waals surface area contributed by atoms with Crippen LogP contribution in [0.4, 0.5) is 16.2 Å². The van der Waals surface area contributed by atoms with E-state index in [-0.39, 0.29) is 6.03 Å². The lowest BCUT2D eigenvalue weighted by atomic mass is 10.1. The first-order chi connectivity index (χ1) is 11.8. The molecular formula is C21H16N2O. The fourth-order valence-electron chi connectivity index (χ4n) is 2.83. The fraction of sp³-hybridized carbons (Fsp3) is 0. The zero-order valence-corrected chi connectivity index (χ0v) is 13.0. The van der Waals surface area contributed by atoms with Crippen LogP contribution in [0, 0.1) is 0 Å². The molecule has 0 radical (unpaired) electrons. The molecule has 0 heterocycles. The van der Waals surface area contributed by atoms with Crippen LogP contribution in [0.5, 0.6) is 0 Å². The Bertz CT molecular complexity index is 957. The largest absolute Gasteiger partial charge is 0.323 e. The third kappa shape index (κ3) is 2.92. The highest BCUT2D eigenvalue weighted by molar-refractivity contribution is 6.02. The number of fused-ring (bicyclic) bond motifs is 2. The lowest BCUT2D eigenvalue weighted by Crippen LogP contribution is -2.19. The third-order valence-electron chi connectivity index (χ3n) is 4.01. The molecule has 0 aromatic heterocycles. The van der Waals surface area contributed by atoms with Crippen LogP contribution in [0.3, 0.4) is 0 Å². The highest BCUT2D eigenvalue weighted by Gasteiger charge is 2.04. The van der Waals surface area contributed by atoms with Gasteiger partial charge in [0.25, 0.3) is 0 Å². The van der Waals surface area contributed by atoms with Gasteiger partial charge in [-0.25, -0.2) is 4.79 Å². The Morgan fingerprint density at radius 1 is 0.542 bits per heavy atom. The second-order valence-electron chi connectivity index (χ2n) is 5.70. The molecule has 0 aliphatic heterocycles. The molecule has 0 spiro atoms. The van der Waals surface area contributed by atoms with Crippen molar-refractivity contribution in [2.75, 3.05) is 10.6 Å². The monoisotopic (exact) mass is 312 g/mol. The summed E-state index contributed by atoms with van der Waals surface area (Å²) in [6, 6.07) is 27.6. The van der Waals surface area contributed by atoms with Gasteiger partial charge in [-0.15, -0.1) is 0 Å². The van der Waals surface area contributed by atoms with Gasteiger partial charge in [-0.1, -0.05) is 60.7 Å². The van der Waals surface area contributed by atoms with Crippen LogP contribution in [0.15, 0.2) is 84.9 Å². The molecule has 0 saturated heterocycles. The van der Waals surface area contributed by atoms with Gasteiger partial charge in [0.1, 0.15) is 0 Å². The van der Waals surface area contributed by atoms with Crippen LogP contribution in [0.25, 0.3) is 21.5 Å². The van der Waals surface area contributed by atoms with Crippen LogP contribution in [-0.2, 0) is 0 Å². The summed E-state index contributed by atoms with van der Waals surface area (Å²) in [7, 11) is 0. The molecule has 2 amide bonds. The van der Waals surface area contributed by atoms with Crippen molar-refractivity contribution in [1.82, 2.24) is 0 Å². The molecule has 0 bridgehead atoms. The Balaban J connectivity index is 1.52. The lowest BCUT2D eigenvalue weighted by molar-refractivity contribution is 0.262. The van der Waals surface area contributed by atoms with Crippen molar-refractivity contribution in [3.05, 3.63) is 84.9 Å². The van der Waals surface area contributed by atoms with Crippen molar-refractivity contribution < 1.29 is 4.79 Å². The van der Waals surface area contributed by atoms with Crippen molar-refractivity contribution >= 4 is 39.0 Å². The van der Waals surface area contributed by atoms with E-state index in [0.29, 0.717) is 0 Å². The molecule has 4 rings (SSSR count). The van der Waals surface area contributed by atoms with Gasteiger partial charge < -0.3 is 10.6 Å². The molecule has 3 heteroatoms. The molecule has 116 valence electrons. The van der Waals surface area contributed by atoms with E-state index in [0.717, 1.165) is 32.9 Å². The van der Waals surface area contributed by atoms with Crippen LogP contribution < -0.4 is 10.6 Å². The Labute approximate surface area is 139 Å². The Morgan fingerprint density at radius 3 is 1.42 bits per heavy atom. The Morgan fingerprint density at radius 2 is 0.958 bits per heavy atom. The minimum Gasteiger partial charge on any atom is -0.308 e. The van der Waals surface area contributed by atoms with Crippen molar-refractivity contribution in [3.63, 3.8) is 0 Å². The number of hydrogen-bond acceptors (Lipinski definition) is 1. The molecule has 4 aromatic rings. The molecule has 0 fully saturated rings. The van der Waals surface area contributed by atoms with E-state index in [4.69, 9.17) is 0 Å². The van der Waals surface area contributed by atoms with E-state index in [1.54, 1.807) is 0 Å². The highest BCUT2D eigenvalue weighted by atomic mass is 16.2. The zero-order chi connectivity index (χ0) is 16.4. The van der Waals surface area contributed by atoms with Gasteiger partial charge in [0.2, 0.25) is 0 Å². The van der Waals surface area contributed by atoms with Crippen LogP contribution in [0.2, 0.25) is 0 Å². The number of benzene rings is 4. The molecule has 2 N–H and O–H groups in total. The highest BCUT2D eigenvalue weighted by Crippen LogP contribution is 2.21. The van der Waals surface area contributed by atoms with E-state index < -0.39 is 0 Å². The van der Waals surface area contributed by atoms with Gasteiger partial charge in [-0.05, 0) is 45.8 Å². The maximum Gasteiger partial charge on any atom is 0.323 e. The van der Waals surface area contributed by atoms with Crippen LogP contribution >= 0.6 is 0 Å². The van der Waals surface area contributed by atoms with E-state index >= 15 is 0 Å². The summed E-state index contributed by atoms with van der Waals surface area (Å²) < 4.78 is 0. The summed E-state index contributed by atoms with van der Waals surface area (Å²) in [6.45, 7) is 0. The van der Waals surface area contributed by atoms with Gasteiger partial charge in [0, 0.05) is 11.4 Å². The molecule has 0 atom stereocenters. The van der Waals surface area contributed by atoms with E-state index in [1.165, 1.54) is 0 Å². The molecule has 4 aromatic carbocycles. The zero-order valence-electron chi connectivity index (χ0n) is 13.0. The molecule has 0 aliphatic carbocycles. The lowest BCUT2D eigenvalue weighted by Gasteiger charge is -2.09. The molecular weight excluding hydrogens is 296 g/mol. The van der Waals surface area contributed by atoms with Gasteiger partial charge in [0.05, 0.1) is 0 Å². The second kappa shape index (κ2) is 6.05. The topological polar surface area (TPSA) is 41.1 Å². The first-order valence-corrected chi connectivity index (χ1v) is 7.83. The normalized spacial score (nSPS) is 10.7. The Hall–Kier alpha value is -3.33. The summed E-state index contributed by atoms with van der Waals surface area (Å²) in [5.41, 5.74) is 1.54. The quantitative estimate of drug-likeness (QED) is 0.494. The van der Waals surface area contributed by atoms with Crippen molar-refractivity contribution in [2.24, 2.45) is 0 Å².